The molecule has 96 valence electrons. The molecule has 0 saturated carbocycles. The number of aliphatic hydroxyl groups is 2. The molecule has 0 fully saturated rings. The summed E-state index contributed by atoms with van der Waals surface area (Å²) < 4.78 is 24.9. The zero-order valence-electron chi connectivity index (χ0n) is 10.0. The Morgan fingerprint density at radius 2 is 1.47 bits per heavy atom. The van der Waals surface area contributed by atoms with E-state index < -0.39 is 22.5 Å². The maximum absolute atomic E-state index is 12.1. The molecule has 0 saturated heterocycles. The summed E-state index contributed by atoms with van der Waals surface area (Å²) in [6, 6.07) is 6.22. The first-order valence-electron chi connectivity index (χ1n) is 5.23. The van der Waals surface area contributed by atoms with Crippen LogP contribution in [0, 0.1) is 6.92 Å². The van der Waals surface area contributed by atoms with Crippen molar-refractivity contribution >= 4 is 10.0 Å². The normalized spacial score (nSPS) is 15.9. The molecule has 0 aromatic heterocycles. The first kappa shape index (κ1) is 14.1. The van der Waals surface area contributed by atoms with Crippen LogP contribution >= 0.6 is 0 Å². The first-order chi connectivity index (χ1) is 7.76. The molecule has 0 aliphatic heterocycles. The van der Waals surface area contributed by atoms with Crippen molar-refractivity contribution in [2.75, 3.05) is 0 Å². The van der Waals surface area contributed by atoms with Crippen LogP contribution in [0.2, 0.25) is 0 Å². The fourth-order valence-corrected chi connectivity index (χ4v) is 3.07. The molecule has 0 bridgehead atoms. The van der Waals surface area contributed by atoms with Crippen LogP contribution in [0.4, 0.5) is 0 Å². The monoisotopic (exact) mass is 259 g/mol. The highest BCUT2D eigenvalue weighted by Gasteiger charge is 2.31. The molecule has 0 radical (unpaired) electrons. The van der Waals surface area contributed by atoms with Crippen LogP contribution in [-0.4, -0.2) is 35.4 Å². The van der Waals surface area contributed by atoms with Gasteiger partial charge in [-0.15, -0.1) is 4.31 Å². The van der Waals surface area contributed by atoms with E-state index in [2.05, 4.69) is 0 Å². The van der Waals surface area contributed by atoms with E-state index in [4.69, 9.17) is 0 Å². The first-order valence-corrected chi connectivity index (χ1v) is 6.67. The molecule has 0 spiro atoms. The van der Waals surface area contributed by atoms with Gasteiger partial charge in [-0.3, -0.25) is 0 Å². The van der Waals surface area contributed by atoms with Gasteiger partial charge in [-0.2, -0.15) is 0 Å². The largest absolute Gasteiger partial charge is 0.378 e. The van der Waals surface area contributed by atoms with Gasteiger partial charge in [0, 0.05) is 0 Å². The van der Waals surface area contributed by atoms with Crippen LogP contribution < -0.4 is 0 Å². The van der Waals surface area contributed by atoms with Gasteiger partial charge in [0.1, 0.15) is 12.5 Å². The van der Waals surface area contributed by atoms with E-state index >= 15 is 0 Å². The second-order valence-electron chi connectivity index (χ2n) is 3.91. The fourth-order valence-electron chi connectivity index (χ4n) is 1.55. The van der Waals surface area contributed by atoms with Gasteiger partial charge in [0.25, 0.3) is 0 Å². The lowest BCUT2D eigenvalue weighted by Crippen LogP contribution is -2.44. The Kier molecular flexibility index (Phi) is 4.26. The molecule has 2 unspecified atom stereocenters. The van der Waals surface area contributed by atoms with Gasteiger partial charge >= 0.3 is 0 Å². The molecule has 6 heteroatoms. The zero-order valence-corrected chi connectivity index (χ0v) is 10.8. The van der Waals surface area contributed by atoms with E-state index in [1.807, 2.05) is 6.92 Å². The molecule has 2 N–H and O–H groups in total. The van der Waals surface area contributed by atoms with Gasteiger partial charge in [0.05, 0.1) is 4.90 Å². The summed E-state index contributed by atoms with van der Waals surface area (Å²) in [5, 5.41) is 18.8. The average molecular weight is 259 g/mol. The average Bonchev–Trinajstić information content (AvgIpc) is 2.16. The summed E-state index contributed by atoms with van der Waals surface area (Å²) in [6.07, 6.45) is -2.58. The second-order valence-corrected chi connectivity index (χ2v) is 5.75. The summed E-state index contributed by atoms with van der Waals surface area (Å²) in [5.41, 5.74) is 0.935. The third-order valence-electron chi connectivity index (χ3n) is 2.33. The lowest BCUT2D eigenvalue weighted by Gasteiger charge is -2.27. The van der Waals surface area contributed by atoms with Gasteiger partial charge in [-0.05, 0) is 32.9 Å². The Balaban J connectivity index is 3.21. The van der Waals surface area contributed by atoms with Crippen LogP contribution in [0.3, 0.4) is 0 Å². The second kappa shape index (κ2) is 5.14. The van der Waals surface area contributed by atoms with Gasteiger partial charge in [-0.1, -0.05) is 17.7 Å². The number of rotatable bonds is 4. The Morgan fingerprint density at radius 1 is 1.06 bits per heavy atom. The molecule has 17 heavy (non-hydrogen) atoms. The molecule has 1 aromatic rings. The third kappa shape index (κ3) is 3.04. The smallest absolute Gasteiger partial charge is 0.247 e. The van der Waals surface area contributed by atoms with E-state index in [0.29, 0.717) is 4.31 Å². The Labute approximate surface area is 101 Å². The van der Waals surface area contributed by atoms with Crippen molar-refractivity contribution in [2.24, 2.45) is 0 Å². The highest BCUT2D eigenvalue weighted by Crippen LogP contribution is 2.19. The van der Waals surface area contributed by atoms with Crippen molar-refractivity contribution in [1.29, 1.82) is 0 Å². The number of nitrogens with zero attached hydrogens (tertiary/aromatic N) is 1. The minimum Gasteiger partial charge on any atom is -0.378 e. The van der Waals surface area contributed by atoms with Crippen LogP contribution in [-0.2, 0) is 10.0 Å². The predicted octanol–water partition coefficient (Wildman–Crippen LogP) is 0.662. The summed E-state index contributed by atoms with van der Waals surface area (Å²) in [6.45, 7) is 4.43. The standard InChI is InChI=1S/C11H17NO4S/c1-8-4-6-11(7-5-8)17(15,16)12(9(2)13)10(3)14/h4-7,9-10,13-14H,1-3H3. The number of hydrogen-bond acceptors (Lipinski definition) is 4. The summed E-state index contributed by atoms with van der Waals surface area (Å²) in [5.74, 6) is 0. The molecule has 0 heterocycles. The Bertz CT molecular complexity index is 457. The fraction of sp³-hybridized carbons (Fsp3) is 0.455. The predicted molar refractivity (Wildman–Crippen MR) is 63.6 cm³/mol. The molecular formula is C11H17NO4S. The van der Waals surface area contributed by atoms with Crippen LogP contribution in [0.5, 0.6) is 0 Å². The number of hydrogen-bond donors (Lipinski definition) is 2. The van der Waals surface area contributed by atoms with Crippen LogP contribution in [0.1, 0.15) is 19.4 Å². The van der Waals surface area contributed by atoms with Gasteiger partial charge in [-0.25, -0.2) is 8.42 Å². The topological polar surface area (TPSA) is 77.8 Å². The van der Waals surface area contributed by atoms with Crippen molar-refractivity contribution in [1.82, 2.24) is 4.31 Å². The maximum Gasteiger partial charge on any atom is 0.247 e. The molecule has 0 amide bonds. The van der Waals surface area contributed by atoms with Crippen molar-refractivity contribution in [3.05, 3.63) is 29.8 Å². The molecular weight excluding hydrogens is 242 g/mol. The van der Waals surface area contributed by atoms with Gasteiger partial charge < -0.3 is 10.2 Å². The maximum atomic E-state index is 12.1. The SMILES string of the molecule is Cc1ccc(S(=O)(=O)N(C(C)O)C(C)O)cc1. The number of aryl methyl sites for hydroxylation is 1. The van der Waals surface area contributed by atoms with E-state index in [1.54, 1.807) is 12.1 Å². The van der Waals surface area contributed by atoms with Crippen molar-refractivity contribution in [2.45, 2.75) is 38.1 Å². The van der Waals surface area contributed by atoms with E-state index in [1.165, 1.54) is 26.0 Å². The molecule has 1 aromatic carbocycles. The van der Waals surface area contributed by atoms with Crippen molar-refractivity contribution in [3.8, 4) is 0 Å². The minimum atomic E-state index is -3.88. The minimum absolute atomic E-state index is 0.0462. The Hall–Kier alpha value is -0.950. The van der Waals surface area contributed by atoms with Gasteiger partial charge in [0.2, 0.25) is 10.0 Å². The lowest BCUT2D eigenvalue weighted by atomic mass is 10.2. The van der Waals surface area contributed by atoms with E-state index in [9.17, 15) is 18.6 Å². The molecule has 5 nitrogen and oxygen atoms in total. The van der Waals surface area contributed by atoms with Crippen molar-refractivity contribution < 1.29 is 18.6 Å². The molecule has 2 atom stereocenters. The highest BCUT2D eigenvalue weighted by atomic mass is 32.2. The number of benzene rings is 1. The summed E-state index contributed by atoms with van der Waals surface area (Å²) in [7, 11) is -3.88. The number of aliphatic hydroxyl groups excluding tert-OH is 2. The molecule has 1 rings (SSSR count). The molecule has 0 aliphatic carbocycles. The van der Waals surface area contributed by atoms with E-state index in [0.717, 1.165) is 5.56 Å². The Morgan fingerprint density at radius 3 is 1.82 bits per heavy atom. The highest BCUT2D eigenvalue weighted by molar-refractivity contribution is 7.89. The summed E-state index contributed by atoms with van der Waals surface area (Å²) in [4.78, 5) is 0.0462. The quantitative estimate of drug-likeness (QED) is 0.779. The van der Waals surface area contributed by atoms with Gasteiger partial charge in [0.15, 0.2) is 0 Å². The summed E-state index contributed by atoms with van der Waals surface area (Å²) >= 11 is 0. The zero-order chi connectivity index (χ0) is 13.2. The molecule has 0 aliphatic rings. The van der Waals surface area contributed by atoms with E-state index in [-0.39, 0.29) is 4.90 Å². The lowest BCUT2D eigenvalue weighted by molar-refractivity contribution is -0.0239. The number of sulfonamides is 1. The van der Waals surface area contributed by atoms with Crippen molar-refractivity contribution in [3.63, 3.8) is 0 Å². The van der Waals surface area contributed by atoms with Crippen LogP contribution in [0.25, 0.3) is 0 Å². The third-order valence-corrected chi connectivity index (χ3v) is 4.37. The van der Waals surface area contributed by atoms with Crippen LogP contribution in [0.15, 0.2) is 29.2 Å².